The van der Waals surface area contributed by atoms with Gasteiger partial charge in [-0.05, 0) is 61.7 Å². The van der Waals surface area contributed by atoms with Gasteiger partial charge in [-0.2, -0.15) is 0 Å². The second-order valence-electron chi connectivity index (χ2n) is 6.98. The Kier molecular flexibility index (Phi) is 5.59. The van der Waals surface area contributed by atoms with E-state index in [0.29, 0.717) is 23.4 Å². The third kappa shape index (κ3) is 4.65. The number of H-pyrrole nitrogens is 1. The van der Waals surface area contributed by atoms with Gasteiger partial charge in [-0.15, -0.1) is 0 Å². The van der Waals surface area contributed by atoms with Crippen molar-refractivity contribution in [3.8, 4) is 0 Å². The summed E-state index contributed by atoms with van der Waals surface area (Å²) in [5.74, 6) is -0.371. The molecule has 0 saturated carbocycles. The predicted molar refractivity (Wildman–Crippen MR) is 112 cm³/mol. The molecular weight excluding hydrogens is 354 g/mol. The number of aryl methyl sites for hydroxylation is 3. The van der Waals surface area contributed by atoms with Crippen molar-refractivity contribution in [1.29, 1.82) is 0 Å². The van der Waals surface area contributed by atoms with E-state index in [1.165, 1.54) is 6.92 Å². The van der Waals surface area contributed by atoms with E-state index in [9.17, 15) is 14.4 Å². The van der Waals surface area contributed by atoms with Crippen LogP contribution in [0.3, 0.4) is 0 Å². The molecule has 0 radical (unpaired) electrons. The molecule has 6 nitrogen and oxygen atoms in total. The Morgan fingerprint density at radius 3 is 2.43 bits per heavy atom. The molecule has 0 atom stereocenters. The van der Waals surface area contributed by atoms with Crippen LogP contribution in [0.25, 0.3) is 10.9 Å². The van der Waals surface area contributed by atoms with Crippen molar-refractivity contribution in [3.05, 3.63) is 69.5 Å². The van der Waals surface area contributed by atoms with Crippen LogP contribution >= 0.6 is 0 Å². The van der Waals surface area contributed by atoms with Crippen LogP contribution in [0.4, 0.5) is 11.4 Å². The van der Waals surface area contributed by atoms with Gasteiger partial charge in [-0.1, -0.05) is 12.1 Å². The van der Waals surface area contributed by atoms with E-state index in [0.717, 1.165) is 22.0 Å². The fraction of sp³-hybridized carbons (Fsp3) is 0.227. The molecule has 6 heteroatoms. The van der Waals surface area contributed by atoms with Crippen LogP contribution in [0, 0.1) is 13.8 Å². The lowest BCUT2D eigenvalue weighted by atomic mass is 10.0. The summed E-state index contributed by atoms with van der Waals surface area (Å²) in [5, 5.41) is 6.46. The Morgan fingerprint density at radius 2 is 1.71 bits per heavy atom. The molecule has 0 aliphatic heterocycles. The number of pyridine rings is 1. The Hall–Kier alpha value is -3.41. The lowest BCUT2D eigenvalue weighted by Gasteiger charge is -2.09. The van der Waals surface area contributed by atoms with Crippen molar-refractivity contribution in [2.45, 2.75) is 33.6 Å². The molecule has 144 valence electrons. The Morgan fingerprint density at radius 1 is 1.00 bits per heavy atom. The van der Waals surface area contributed by atoms with E-state index in [4.69, 9.17) is 0 Å². The molecule has 0 spiro atoms. The van der Waals surface area contributed by atoms with E-state index in [2.05, 4.69) is 21.7 Å². The van der Waals surface area contributed by atoms with Crippen LogP contribution in [-0.4, -0.2) is 16.8 Å². The quantitative estimate of drug-likeness (QED) is 0.633. The number of amides is 2. The van der Waals surface area contributed by atoms with E-state index in [1.807, 2.05) is 26.0 Å². The van der Waals surface area contributed by atoms with Gasteiger partial charge in [0.05, 0.1) is 0 Å². The molecule has 2 aromatic carbocycles. The van der Waals surface area contributed by atoms with Crippen LogP contribution < -0.4 is 16.2 Å². The smallest absolute Gasteiger partial charge is 0.251 e. The molecule has 0 saturated heterocycles. The van der Waals surface area contributed by atoms with Crippen molar-refractivity contribution >= 4 is 34.1 Å². The molecular formula is C22H23N3O3. The number of carbonyl (C=O) groups is 2. The Balaban J connectivity index is 1.70. The largest absolute Gasteiger partial charge is 0.326 e. The summed E-state index contributed by atoms with van der Waals surface area (Å²) in [5.41, 5.74) is 4.61. The molecule has 3 aromatic rings. The average Bonchev–Trinajstić information content (AvgIpc) is 2.59. The lowest BCUT2D eigenvalue weighted by Crippen LogP contribution is -2.17. The highest BCUT2D eigenvalue weighted by atomic mass is 16.2. The van der Waals surface area contributed by atoms with Crippen LogP contribution in [-0.2, 0) is 16.0 Å². The average molecular weight is 377 g/mol. The van der Waals surface area contributed by atoms with E-state index in [-0.39, 0.29) is 23.8 Å². The normalized spacial score (nSPS) is 10.7. The second kappa shape index (κ2) is 8.08. The van der Waals surface area contributed by atoms with Crippen molar-refractivity contribution in [2.24, 2.45) is 0 Å². The van der Waals surface area contributed by atoms with Gasteiger partial charge >= 0.3 is 0 Å². The van der Waals surface area contributed by atoms with E-state index >= 15 is 0 Å². The van der Waals surface area contributed by atoms with Crippen molar-refractivity contribution < 1.29 is 9.59 Å². The van der Waals surface area contributed by atoms with Crippen molar-refractivity contribution in [1.82, 2.24) is 4.98 Å². The van der Waals surface area contributed by atoms with Crippen LogP contribution in [0.2, 0.25) is 0 Å². The number of nitrogens with one attached hydrogen (secondary N) is 3. The summed E-state index contributed by atoms with van der Waals surface area (Å²) in [6.07, 6.45) is 0.527. The fourth-order valence-electron chi connectivity index (χ4n) is 3.25. The van der Waals surface area contributed by atoms with Gasteiger partial charge in [0, 0.05) is 41.2 Å². The standard InChI is InChI=1S/C22H23N3O3/c1-13-9-14(2)19-11-16(22(28)25-20(19)10-13)7-8-21(27)24-18-6-4-5-17(12-18)23-15(3)26/h4-6,9-12H,7-8H2,1-3H3,(H,23,26)(H,24,27)(H,25,28). The highest BCUT2D eigenvalue weighted by Gasteiger charge is 2.09. The Bertz CT molecular complexity index is 1120. The van der Waals surface area contributed by atoms with Gasteiger partial charge in [0.2, 0.25) is 11.8 Å². The molecule has 1 heterocycles. The SMILES string of the molecule is CC(=O)Nc1cccc(NC(=O)CCc2cc3c(C)cc(C)cc3[nH]c2=O)c1. The van der Waals surface area contributed by atoms with Crippen LogP contribution in [0.1, 0.15) is 30.0 Å². The zero-order valence-electron chi connectivity index (χ0n) is 16.2. The van der Waals surface area contributed by atoms with Crippen LogP contribution in [0.5, 0.6) is 0 Å². The van der Waals surface area contributed by atoms with Gasteiger partial charge in [0.1, 0.15) is 0 Å². The minimum Gasteiger partial charge on any atom is -0.326 e. The summed E-state index contributed by atoms with van der Waals surface area (Å²) in [6.45, 7) is 5.42. The lowest BCUT2D eigenvalue weighted by molar-refractivity contribution is -0.116. The number of aromatic amines is 1. The number of hydrogen-bond donors (Lipinski definition) is 3. The summed E-state index contributed by atoms with van der Waals surface area (Å²) in [6, 6.07) is 12.8. The maximum atomic E-state index is 12.3. The maximum absolute atomic E-state index is 12.3. The zero-order chi connectivity index (χ0) is 20.3. The minimum atomic E-state index is -0.194. The second-order valence-corrected chi connectivity index (χ2v) is 6.98. The molecule has 0 aliphatic carbocycles. The van der Waals surface area contributed by atoms with Gasteiger partial charge in [0.25, 0.3) is 5.56 Å². The first-order valence-electron chi connectivity index (χ1n) is 9.12. The molecule has 1 aromatic heterocycles. The molecule has 0 bridgehead atoms. The third-order valence-corrected chi connectivity index (χ3v) is 4.48. The van der Waals surface area contributed by atoms with Gasteiger partial charge in [0.15, 0.2) is 0 Å². The van der Waals surface area contributed by atoms with Crippen molar-refractivity contribution in [2.75, 3.05) is 10.6 Å². The molecule has 0 unspecified atom stereocenters. The van der Waals surface area contributed by atoms with Crippen LogP contribution in [0.15, 0.2) is 47.3 Å². The van der Waals surface area contributed by atoms with E-state index < -0.39 is 0 Å². The predicted octanol–water partition coefficient (Wildman–Crippen LogP) is 3.67. The molecule has 28 heavy (non-hydrogen) atoms. The van der Waals surface area contributed by atoms with Gasteiger partial charge in [-0.3, -0.25) is 14.4 Å². The molecule has 3 N–H and O–H groups in total. The fourth-order valence-corrected chi connectivity index (χ4v) is 3.25. The number of hydrogen-bond acceptors (Lipinski definition) is 3. The summed E-state index contributed by atoms with van der Waals surface area (Å²) < 4.78 is 0. The first kappa shape index (κ1) is 19.4. The third-order valence-electron chi connectivity index (χ3n) is 4.48. The molecule has 0 fully saturated rings. The van der Waals surface area contributed by atoms with Gasteiger partial charge < -0.3 is 15.6 Å². The maximum Gasteiger partial charge on any atom is 0.251 e. The number of anilines is 2. The topological polar surface area (TPSA) is 91.1 Å². The summed E-state index contributed by atoms with van der Waals surface area (Å²) in [4.78, 5) is 38.7. The number of fused-ring (bicyclic) bond motifs is 1. The minimum absolute atomic E-state index is 0.169. The molecule has 3 rings (SSSR count). The monoisotopic (exact) mass is 377 g/mol. The first-order valence-corrected chi connectivity index (χ1v) is 9.12. The van der Waals surface area contributed by atoms with Crippen molar-refractivity contribution in [3.63, 3.8) is 0 Å². The number of benzene rings is 2. The highest BCUT2D eigenvalue weighted by molar-refractivity contribution is 5.93. The Labute approximate surface area is 163 Å². The number of carbonyl (C=O) groups excluding carboxylic acids is 2. The van der Waals surface area contributed by atoms with Gasteiger partial charge in [-0.25, -0.2) is 0 Å². The first-order chi connectivity index (χ1) is 13.3. The number of aromatic nitrogens is 1. The summed E-state index contributed by atoms with van der Waals surface area (Å²) in [7, 11) is 0. The van der Waals surface area contributed by atoms with E-state index in [1.54, 1.807) is 24.3 Å². The number of rotatable bonds is 5. The molecule has 0 aliphatic rings. The highest BCUT2D eigenvalue weighted by Crippen LogP contribution is 2.19. The molecule has 2 amide bonds. The zero-order valence-corrected chi connectivity index (χ0v) is 16.2. The summed E-state index contributed by atoms with van der Waals surface area (Å²) >= 11 is 0.